The molecule has 2 heterocycles. The van der Waals surface area contributed by atoms with Crippen molar-refractivity contribution >= 4 is 11.8 Å². The smallest absolute Gasteiger partial charge is 0.253 e. The van der Waals surface area contributed by atoms with Crippen LogP contribution in [0.3, 0.4) is 0 Å². The number of benzene rings is 1. The van der Waals surface area contributed by atoms with Gasteiger partial charge in [0.1, 0.15) is 5.82 Å². The van der Waals surface area contributed by atoms with Gasteiger partial charge in [0.2, 0.25) is 5.91 Å². The van der Waals surface area contributed by atoms with Gasteiger partial charge in [0.05, 0.1) is 0 Å². The van der Waals surface area contributed by atoms with E-state index < -0.39 is 0 Å². The Morgan fingerprint density at radius 2 is 1.71 bits per heavy atom. The van der Waals surface area contributed by atoms with Gasteiger partial charge in [-0.3, -0.25) is 9.59 Å². The average molecular weight is 333 g/mol. The molecule has 0 aliphatic carbocycles. The fourth-order valence-electron chi connectivity index (χ4n) is 3.27. The first-order valence-corrected chi connectivity index (χ1v) is 8.60. The van der Waals surface area contributed by atoms with Gasteiger partial charge in [0, 0.05) is 37.7 Å². The largest absolute Gasteiger partial charge is 0.341 e. The van der Waals surface area contributed by atoms with E-state index >= 15 is 0 Å². The Hall–Kier alpha value is -1.95. The van der Waals surface area contributed by atoms with Crippen molar-refractivity contribution in [2.24, 2.45) is 11.8 Å². The summed E-state index contributed by atoms with van der Waals surface area (Å²) in [4.78, 5) is 28.8. The van der Waals surface area contributed by atoms with Crippen LogP contribution < -0.4 is 5.32 Å². The summed E-state index contributed by atoms with van der Waals surface area (Å²) >= 11 is 0. The highest BCUT2D eigenvalue weighted by Crippen LogP contribution is 2.20. The zero-order chi connectivity index (χ0) is 17.1. The minimum atomic E-state index is -0.348. The minimum absolute atomic E-state index is 0.0330. The summed E-state index contributed by atoms with van der Waals surface area (Å²) in [5.41, 5.74) is 0.491. The van der Waals surface area contributed by atoms with Crippen molar-refractivity contribution < 1.29 is 14.0 Å². The first-order chi connectivity index (χ1) is 11.6. The number of rotatable bonds is 3. The summed E-state index contributed by atoms with van der Waals surface area (Å²) in [7, 11) is 0. The quantitative estimate of drug-likeness (QED) is 0.909. The summed E-state index contributed by atoms with van der Waals surface area (Å²) in [6.45, 7) is 6.23. The lowest BCUT2D eigenvalue weighted by atomic mass is 9.88. The molecule has 1 N–H and O–H groups in total. The van der Waals surface area contributed by atoms with Gasteiger partial charge in [-0.1, -0.05) is 6.92 Å². The van der Waals surface area contributed by atoms with Gasteiger partial charge in [0.15, 0.2) is 0 Å². The van der Waals surface area contributed by atoms with Gasteiger partial charge >= 0.3 is 0 Å². The van der Waals surface area contributed by atoms with E-state index in [4.69, 9.17) is 0 Å². The molecule has 5 nitrogen and oxygen atoms in total. The molecule has 0 saturated carbocycles. The molecule has 0 bridgehead atoms. The van der Waals surface area contributed by atoms with Crippen LogP contribution in [-0.2, 0) is 4.79 Å². The van der Waals surface area contributed by atoms with E-state index in [0.29, 0.717) is 37.7 Å². The molecule has 24 heavy (non-hydrogen) atoms. The van der Waals surface area contributed by atoms with Crippen molar-refractivity contribution in [3.8, 4) is 0 Å². The maximum Gasteiger partial charge on any atom is 0.253 e. The van der Waals surface area contributed by atoms with Gasteiger partial charge < -0.3 is 15.1 Å². The molecular formula is C18H24FN3O2. The molecule has 2 saturated heterocycles. The second-order valence-corrected chi connectivity index (χ2v) is 6.68. The standard InChI is InChI=1S/C18H24FN3O2/c1-13(15-11-20-12-15)17(23)21-7-2-8-22(10-9-21)18(24)14-3-5-16(19)6-4-14/h3-6,13,15,20H,2,7-12H2,1H3. The topological polar surface area (TPSA) is 52.7 Å². The summed E-state index contributed by atoms with van der Waals surface area (Å²) in [5, 5.41) is 3.21. The van der Waals surface area contributed by atoms with Crippen LogP contribution in [0.4, 0.5) is 4.39 Å². The van der Waals surface area contributed by atoms with Crippen LogP contribution in [0.1, 0.15) is 23.7 Å². The molecule has 0 aromatic heterocycles. The Morgan fingerprint density at radius 3 is 2.33 bits per heavy atom. The SMILES string of the molecule is CC(C(=O)N1CCCN(C(=O)c2ccc(F)cc2)CC1)C1CNC1. The highest BCUT2D eigenvalue weighted by Gasteiger charge is 2.32. The maximum atomic E-state index is 13.0. The van der Waals surface area contributed by atoms with Crippen molar-refractivity contribution in [2.75, 3.05) is 39.3 Å². The number of nitrogens with zero attached hydrogens (tertiary/aromatic N) is 2. The zero-order valence-electron chi connectivity index (χ0n) is 14.0. The summed E-state index contributed by atoms with van der Waals surface area (Å²) < 4.78 is 13.0. The third-order valence-corrected chi connectivity index (χ3v) is 5.10. The summed E-state index contributed by atoms with van der Waals surface area (Å²) in [6, 6.07) is 5.62. The minimum Gasteiger partial charge on any atom is -0.341 e. The first kappa shape index (κ1) is 16.9. The van der Waals surface area contributed by atoms with Crippen LogP contribution in [0.5, 0.6) is 0 Å². The van der Waals surface area contributed by atoms with E-state index in [1.54, 1.807) is 4.90 Å². The molecule has 0 radical (unpaired) electrons. The van der Waals surface area contributed by atoms with Crippen molar-refractivity contribution in [1.82, 2.24) is 15.1 Å². The molecule has 2 fully saturated rings. The number of hydrogen-bond donors (Lipinski definition) is 1. The zero-order valence-corrected chi connectivity index (χ0v) is 14.0. The Labute approximate surface area is 141 Å². The molecule has 3 rings (SSSR count). The second kappa shape index (κ2) is 7.30. The van der Waals surface area contributed by atoms with Crippen molar-refractivity contribution in [1.29, 1.82) is 0 Å². The molecule has 2 aliphatic heterocycles. The number of carbonyl (C=O) groups excluding carboxylic acids is 2. The molecule has 1 aromatic carbocycles. The van der Waals surface area contributed by atoms with Crippen molar-refractivity contribution in [3.63, 3.8) is 0 Å². The Kier molecular flexibility index (Phi) is 5.14. The summed E-state index contributed by atoms with van der Waals surface area (Å²) in [5.74, 6) is 0.208. The van der Waals surface area contributed by atoms with Gasteiger partial charge in [-0.05, 0) is 49.7 Å². The fraction of sp³-hybridized carbons (Fsp3) is 0.556. The van der Waals surface area contributed by atoms with Crippen LogP contribution in [-0.4, -0.2) is 60.9 Å². The lowest BCUT2D eigenvalue weighted by Crippen LogP contribution is -2.51. The van der Waals surface area contributed by atoms with E-state index in [0.717, 1.165) is 19.5 Å². The molecule has 6 heteroatoms. The highest BCUT2D eigenvalue weighted by atomic mass is 19.1. The van der Waals surface area contributed by atoms with E-state index in [2.05, 4.69) is 5.32 Å². The third-order valence-electron chi connectivity index (χ3n) is 5.10. The van der Waals surface area contributed by atoms with Crippen LogP contribution in [0, 0.1) is 17.7 Å². The first-order valence-electron chi connectivity index (χ1n) is 8.60. The Balaban J connectivity index is 1.59. The number of amides is 2. The maximum absolute atomic E-state index is 13.0. The van der Waals surface area contributed by atoms with Crippen LogP contribution in [0.2, 0.25) is 0 Å². The van der Waals surface area contributed by atoms with E-state index in [-0.39, 0.29) is 23.5 Å². The molecule has 1 aromatic rings. The van der Waals surface area contributed by atoms with Crippen molar-refractivity contribution in [2.45, 2.75) is 13.3 Å². The lowest BCUT2D eigenvalue weighted by Gasteiger charge is -2.34. The number of carbonyl (C=O) groups is 2. The molecule has 1 unspecified atom stereocenters. The number of halogens is 1. The van der Waals surface area contributed by atoms with E-state index in [1.807, 2.05) is 11.8 Å². The molecule has 0 spiro atoms. The molecule has 2 amide bonds. The van der Waals surface area contributed by atoms with Crippen molar-refractivity contribution in [3.05, 3.63) is 35.6 Å². The molecular weight excluding hydrogens is 309 g/mol. The highest BCUT2D eigenvalue weighted by molar-refractivity contribution is 5.94. The fourth-order valence-corrected chi connectivity index (χ4v) is 3.27. The lowest BCUT2D eigenvalue weighted by molar-refractivity contribution is -0.137. The second-order valence-electron chi connectivity index (χ2n) is 6.68. The predicted molar refractivity (Wildman–Crippen MR) is 89.0 cm³/mol. The van der Waals surface area contributed by atoms with Gasteiger partial charge in [-0.15, -0.1) is 0 Å². The van der Waals surface area contributed by atoms with Gasteiger partial charge in [-0.25, -0.2) is 4.39 Å². The molecule has 2 aliphatic rings. The van der Waals surface area contributed by atoms with Crippen LogP contribution in [0.25, 0.3) is 0 Å². The van der Waals surface area contributed by atoms with Crippen LogP contribution >= 0.6 is 0 Å². The number of hydrogen-bond acceptors (Lipinski definition) is 3. The van der Waals surface area contributed by atoms with Crippen LogP contribution in [0.15, 0.2) is 24.3 Å². The monoisotopic (exact) mass is 333 g/mol. The van der Waals surface area contributed by atoms with Gasteiger partial charge in [-0.2, -0.15) is 0 Å². The Morgan fingerprint density at radius 1 is 1.08 bits per heavy atom. The predicted octanol–water partition coefficient (Wildman–Crippen LogP) is 1.36. The average Bonchev–Trinajstić information content (AvgIpc) is 2.78. The normalized spacial score (nSPS) is 20.2. The van der Waals surface area contributed by atoms with Gasteiger partial charge in [0.25, 0.3) is 5.91 Å². The van der Waals surface area contributed by atoms with E-state index in [9.17, 15) is 14.0 Å². The number of nitrogens with one attached hydrogen (secondary N) is 1. The molecule has 130 valence electrons. The van der Waals surface area contributed by atoms with E-state index in [1.165, 1.54) is 24.3 Å². The Bertz CT molecular complexity index is 601. The third kappa shape index (κ3) is 3.59. The molecule has 1 atom stereocenters. The summed E-state index contributed by atoms with van der Waals surface area (Å²) in [6.07, 6.45) is 0.772.